The summed E-state index contributed by atoms with van der Waals surface area (Å²) in [6, 6.07) is 7.44. The summed E-state index contributed by atoms with van der Waals surface area (Å²) in [7, 11) is 0. The van der Waals surface area contributed by atoms with Crippen LogP contribution >= 0.6 is 0 Å². The lowest BCUT2D eigenvalue weighted by Gasteiger charge is -2.10. The van der Waals surface area contributed by atoms with Crippen molar-refractivity contribution in [3.8, 4) is 11.5 Å². The molecular weight excluding hydrogens is 259 g/mol. The van der Waals surface area contributed by atoms with Crippen LogP contribution in [0.25, 0.3) is 0 Å². The third-order valence-electron chi connectivity index (χ3n) is 2.37. The smallest absolute Gasteiger partial charge is 0.252 e. The average molecular weight is 267 g/mol. The summed E-state index contributed by atoms with van der Waals surface area (Å²) < 4.78 is 44.3. The van der Waals surface area contributed by atoms with Crippen molar-refractivity contribution in [2.24, 2.45) is 5.73 Å². The number of ether oxygens (including phenoxy) is 1. The minimum absolute atomic E-state index is 0.00614. The van der Waals surface area contributed by atoms with Crippen LogP contribution < -0.4 is 10.5 Å². The fourth-order valence-corrected chi connectivity index (χ4v) is 1.46. The van der Waals surface area contributed by atoms with Crippen molar-refractivity contribution in [1.29, 1.82) is 0 Å². The van der Waals surface area contributed by atoms with Gasteiger partial charge in [-0.15, -0.1) is 0 Å². The molecule has 0 radical (unpaired) electrons. The summed E-state index contributed by atoms with van der Waals surface area (Å²) in [6.07, 6.45) is 0. The zero-order chi connectivity index (χ0) is 14.0. The third kappa shape index (κ3) is 2.52. The van der Waals surface area contributed by atoms with Crippen molar-refractivity contribution in [3.05, 3.63) is 59.4 Å². The van der Waals surface area contributed by atoms with E-state index in [2.05, 4.69) is 0 Å². The van der Waals surface area contributed by atoms with Gasteiger partial charge in [0, 0.05) is 0 Å². The highest BCUT2D eigenvalue weighted by Crippen LogP contribution is 2.29. The first-order valence-electron chi connectivity index (χ1n) is 5.21. The number of para-hydroxylation sites is 1. The second-order valence-electron chi connectivity index (χ2n) is 3.64. The number of hydrogen-bond acceptors (Lipinski definition) is 2. The molecular formula is C13H8F3NO2. The van der Waals surface area contributed by atoms with Crippen molar-refractivity contribution in [2.45, 2.75) is 0 Å². The van der Waals surface area contributed by atoms with E-state index in [-0.39, 0.29) is 11.3 Å². The molecule has 0 bridgehead atoms. The Balaban J connectivity index is 2.42. The monoisotopic (exact) mass is 267 g/mol. The molecule has 0 atom stereocenters. The molecule has 0 spiro atoms. The Hall–Kier alpha value is -2.50. The predicted molar refractivity (Wildman–Crippen MR) is 61.3 cm³/mol. The van der Waals surface area contributed by atoms with E-state index in [0.29, 0.717) is 0 Å². The fraction of sp³-hybridized carbons (Fsp3) is 0. The molecule has 6 heteroatoms. The van der Waals surface area contributed by atoms with Crippen molar-refractivity contribution in [1.82, 2.24) is 0 Å². The lowest BCUT2D eigenvalue weighted by Crippen LogP contribution is -2.12. The Kier molecular flexibility index (Phi) is 3.41. The fourth-order valence-electron chi connectivity index (χ4n) is 1.46. The van der Waals surface area contributed by atoms with E-state index in [1.54, 1.807) is 0 Å². The standard InChI is InChI=1S/C13H8F3NO2/c14-8-5-6-10(12(16)11(8)15)19-9-4-2-1-3-7(9)13(17)18/h1-6H,(H2,17,18). The number of primary amides is 1. The number of benzene rings is 2. The van der Waals surface area contributed by atoms with Gasteiger partial charge in [0.1, 0.15) is 5.75 Å². The Bertz CT molecular complexity index is 644. The summed E-state index contributed by atoms with van der Waals surface area (Å²) in [5.41, 5.74) is 5.12. The molecule has 19 heavy (non-hydrogen) atoms. The van der Waals surface area contributed by atoms with Crippen LogP contribution in [0, 0.1) is 17.5 Å². The van der Waals surface area contributed by atoms with Crippen molar-refractivity contribution < 1.29 is 22.7 Å². The maximum absolute atomic E-state index is 13.4. The SMILES string of the molecule is NC(=O)c1ccccc1Oc1ccc(F)c(F)c1F. The molecule has 0 unspecified atom stereocenters. The molecule has 2 aromatic carbocycles. The van der Waals surface area contributed by atoms with Gasteiger partial charge >= 0.3 is 0 Å². The zero-order valence-electron chi connectivity index (χ0n) is 9.49. The van der Waals surface area contributed by atoms with Crippen LogP contribution in [0.15, 0.2) is 36.4 Å². The lowest BCUT2D eigenvalue weighted by molar-refractivity contribution is 0.0998. The first-order valence-corrected chi connectivity index (χ1v) is 5.21. The number of hydrogen-bond donors (Lipinski definition) is 1. The van der Waals surface area contributed by atoms with Gasteiger partial charge in [0.15, 0.2) is 17.4 Å². The number of nitrogens with two attached hydrogens (primary N) is 1. The van der Waals surface area contributed by atoms with Gasteiger partial charge in [-0.25, -0.2) is 8.78 Å². The van der Waals surface area contributed by atoms with E-state index in [1.165, 1.54) is 24.3 Å². The third-order valence-corrected chi connectivity index (χ3v) is 2.37. The highest BCUT2D eigenvalue weighted by molar-refractivity contribution is 5.95. The van der Waals surface area contributed by atoms with Gasteiger partial charge in [-0.3, -0.25) is 4.79 Å². The molecule has 98 valence electrons. The molecule has 0 fully saturated rings. The normalized spacial score (nSPS) is 10.3. The topological polar surface area (TPSA) is 52.3 Å². The maximum Gasteiger partial charge on any atom is 0.252 e. The average Bonchev–Trinajstić information content (AvgIpc) is 2.40. The summed E-state index contributed by atoms with van der Waals surface area (Å²) >= 11 is 0. The van der Waals surface area contributed by atoms with Gasteiger partial charge in [-0.05, 0) is 24.3 Å². The molecule has 2 N–H and O–H groups in total. The molecule has 0 saturated heterocycles. The number of carbonyl (C=O) groups is 1. The van der Waals surface area contributed by atoms with Gasteiger partial charge in [-0.2, -0.15) is 4.39 Å². The molecule has 2 aromatic rings. The van der Waals surface area contributed by atoms with Gasteiger partial charge in [-0.1, -0.05) is 12.1 Å². The molecule has 3 nitrogen and oxygen atoms in total. The Morgan fingerprint density at radius 2 is 1.63 bits per heavy atom. The molecule has 2 rings (SSSR count). The second kappa shape index (κ2) is 5.01. The van der Waals surface area contributed by atoms with Crippen LogP contribution in [-0.4, -0.2) is 5.91 Å². The van der Waals surface area contributed by atoms with Gasteiger partial charge in [0.2, 0.25) is 5.82 Å². The lowest BCUT2D eigenvalue weighted by atomic mass is 10.2. The van der Waals surface area contributed by atoms with Gasteiger partial charge < -0.3 is 10.5 Å². The summed E-state index contributed by atoms with van der Waals surface area (Å²) in [6.45, 7) is 0. The Morgan fingerprint density at radius 1 is 0.947 bits per heavy atom. The van der Waals surface area contributed by atoms with Crippen LogP contribution in [0.5, 0.6) is 11.5 Å². The number of halogens is 3. The van der Waals surface area contributed by atoms with E-state index >= 15 is 0 Å². The number of amides is 1. The number of carbonyl (C=O) groups excluding carboxylic acids is 1. The van der Waals surface area contributed by atoms with Crippen molar-refractivity contribution in [3.63, 3.8) is 0 Å². The zero-order valence-corrected chi connectivity index (χ0v) is 9.49. The minimum Gasteiger partial charge on any atom is -0.453 e. The summed E-state index contributed by atoms with van der Waals surface area (Å²) in [4.78, 5) is 11.1. The van der Waals surface area contributed by atoms with Gasteiger partial charge in [0.05, 0.1) is 5.56 Å². The molecule has 0 aliphatic heterocycles. The maximum atomic E-state index is 13.4. The highest BCUT2D eigenvalue weighted by Gasteiger charge is 2.17. The molecule has 0 aromatic heterocycles. The first-order chi connectivity index (χ1) is 9.00. The highest BCUT2D eigenvalue weighted by atomic mass is 19.2. The van der Waals surface area contributed by atoms with E-state index in [1.807, 2.05) is 0 Å². The van der Waals surface area contributed by atoms with Gasteiger partial charge in [0.25, 0.3) is 5.91 Å². The van der Waals surface area contributed by atoms with Crippen LogP contribution in [0.4, 0.5) is 13.2 Å². The van der Waals surface area contributed by atoms with Crippen molar-refractivity contribution >= 4 is 5.91 Å². The van der Waals surface area contributed by atoms with E-state index < -0.39 is 29.1 Å². The number of rotatable bonds is 3. The van der Waals surface area contributed by atoms with E-state index in [0.717, 1.165) is 12.1 Å². The summed E-state index contributed by atoms with van der Waals surface area (Å²) in [5, 5.41) is 0. The molecule has 0 aliphatic carbocycles. The Morgan fingerprint density at radius 3 is 2.32 bits per heavy atom. The van der Waals surface area contributed by atoms with Crippen molar-refractivity contribution in [2.75, 3.05) is 0 Å². The van der Waals surface area contributed by atoms with Crippen LogP contribution in [0.3, 0.4) is 0 Å². The first kappa shape index (κ1) is 12.9. The van der Waals surface area contributed by atoms with Crippen LogP contribution in [0.1, 0.15) is 10.4 Å². The minimum atomic E-state index is -1.64. The molecule has 0 heterocycles. The largest absolute Gasteiger partial charge is 0.453 e. The van der Waals surface area contributed by atoms with E-state index in [9.17, 15) is 18.0 Å². The molecule has 0 saturated carbocycles. The van der Waals surface area contributed by atoms with Crippen LogP contribution in [0.2, 0.25) is 0 Å². The Labute approximate surface area is 106 Å². The second-order valence-corrected chi connectivity index (χ2v) is 3.64. The van der Waals surface area contributed by atoms with E-state index in [4.69, 9.17) is 10.5 Å². The summed E-state index contributed by atoms with van der Waals surface area (Å²) in [5.74, 6) is -5.80. The molecule has 1 amide bonds. The molecule has 0 aliphatic rings. The predicted octanol–water partition coefficient (Wildman–Crippen LogP) is 3.00. The quantitative estimate of drug-likeness (QED) is 0.869. The van der Waals surface area contributed by atoms with Crippen LogP contribution in [-0.2, 0) is 0 Å².